The van der Waals surface area contributed by atoms with E-state index < -0.39 is 5.97 Å². The zero-order valence-electron chi connectivity index (χ0n) is 16.1. The molecule has 0 unspecified atom stereocenters. The largest absolute Gasteiger partial charge is 0.481 e. The van der Waals surface area contributed by atoms with Gasteiger partial charge in [-0.15, -0.1) is 0 Å². The Hall–Kier alpha value is -2.46. The first-order valence-electron chi connectivity index (χ1n) is 9.18. The Labute approximate surface area is 182 Å². The molecule has 1 fully saturated rings. The van der Waals surface area contributed by atoms with Crippen LogP contribution < -0.4 is 15.9 Å². The van der Waals surface area contributed by atoms with Crippen LogP contribution in [-0.4, -0.2) is 45.8 Å². The number of hydrogen-bond acceptors (Lipinski definition) is 5. The van der Waals surface area contributed by atoms with Gasteiger partial charge in [-0.1, -0.05) is 15.9 Å². The molecule has 1 aromatic rings. The summed E-state index contributed by atoms with van der Waals surface area (Å²) in [7, 11) is 0. The number of carboxylic acids is 1. The molecule has 0 radical (unpaired) electrons. The number of aliphatic carboxylic acids is 1. The van der Waals surface area contributed by atoms with E-state index in [0.717, 1.165) is 4.47 Å². The first kappa shape index (κ1) is 21.3. The molecule has 0 bridgehead atoms. The van der Waals surface area contributed by atoms with Crippen molar-refractivity contribution in [2.45, 2.75) is 26.7 Å². The molecule has 2 aliphatic rings. The van der Waals surface area contributed by atoms with Crippen molar-refractivity contribution in [1.29, 1.82) is 0 Å². The number of hydrazine groups is 1. The number of benzene rings is 1. The van der Waals surface area contributed by atoms with Crippen LogP contribution in [0.25, 0.3) is 0 Å². The predicted molar refractivity (Wildman–Crippen MR) is 118 cm³/mol. The van der Waals surface area contributed by atoms with Crippen molar-refractivity contribution in [1.82, 2.24) is 15.8 Å². The summed E-state index contributed by atoms with van der Waals surface area (Å²) in [5.74, 6) is -1.29. The minimum absolute atomic E-state index is 0.218. The number of carboxylic acid groups (broad SMARTS) is 1. The van der Waals surface area contributed by atoms with Crippen molar-refractivity contribution in [3.05, 3.63) is 40.0 Å². The lowest BCUT2D eigenvalue weighted by Gasteiger charge is -2.32. The van der Waals surface area contributed by atoms with E-state index in [9.17, 15) is 9.59 Å². The average molecular weight is 480 g/mol. The van der Waals surface area contributed by atoms with Crippen LogP contribution >= 0.6 is 28.1 Å². The molecule has 154 valence electrons. The molecule has 29 heavy (non-hydrogen) atoms. The van der Waals surface area contributed by atoms with Crippen LogP contribution in [0.15, 0.2) is 45.1 Å². The highest BCUT2D eigenvalue weighted by Crippen LogP contribution is 2.26. The van der Waals surface area contributed by atoms with E-state index in [-0.39, 0.29) is 11.8 Å². The number of halogens is 1. The van der Waals surface area contributed by atoms with Gasteiger partial charge < -0.3 is 15.4 Å². The number of anilines is 1. The Morgan fingerprint density at radius 2 is 1.86 bits per heavy atom. The van der Waals surface area contributed by atoms with Crippen LogP contribution in [0, 0.1) is 5.92 Å². The molecular weight excluding hydrogens is 458 g/mol. The minimum Gasteiger partial charge on any atom is -0.481 e. The molecular formula is C19H22BrN5O3S. The Morgan fingerprint density at radius 1 is 1.24 bits per heavy atom. The molecule has 2 heterocycles. The fourth-order valence-corrected chi connectivity index (χ4v) is 3.81. The van der Waals surface area contributed by atoms with Crippen LogP contribution in [-0.2, 0) is 9.59 Å². The predicted octanol–water partition coefficient (Wildman–Crippen LogP) is 2.62. The molecule has 3 rings (SSSR count). The molecule has 1 aromatic carbocycles. The average Bonchev–Trinajstić information content (AvgIpc) is 3.00. The van der Waals surface area contributed by atoms with E-state index in [4.69, 9.17) is 17.3 Å². The third kappa shape index (κ3) is 4.76. The van der Waals surface area contributed by atoms with Gasteiger partial charge in [0.25, 0.3) is 5.91 Å². The highest BCUT2D eigenvalue weighted by atomic mass is 79.9. The van der Waals surface area contributed by atoms with E-state index in [1.54, 1.807) is 13.8 Å². The second-order valence-electron chi connectivity index (χ2n) is 6.93. The van der Waals surface area contributed by atoms with E-state index >= 15 is 0 Å². The summed E-state index contributed by atoms with van der Waals surface area (Å²) in [4.78, 5) is 25.9. The summed E-state index contributed by atoms with van der Waals surface area (Å²) in [5, 5.41) is 15.3. The van der Waals surface area contributed by atoms with Gasteiger partial charge in [0.15, 0.2) is 5.11 Å². The van der Waals surface area contributed by atoms with Crippen molar-refractivity contribution in [3.63, 3.8) is 0 Å². The zero-order valence-corrected chi connectivity index (χ0v) is 18.5. The third-order valence-corrected chi connectivity index (χ3v) is 5.84. The summed E-state index contributed by atoms with van der Waals surface area (Å²) >= 11 is 8.78. The molecule has 1 amide bonds. The first-order chi connectivity index (χ1) is 13.8. The lowest BCUT2D eigenvalue weighted by Crippen LogP contribution is -2.49. The van der Waals surface area contributed by atoms with Gasteiger partial charge in [-0.25, -0.2) is 0 Å². The molecule has 2 aliphatic heterocycles. The smallest absolute Gasteiger partial charge is 0.306 e. The van der Waals surface area contributed by atoms with Crippen molar-refractivity contribution < 1.29 is 14.7 Å². The first-order valence-corrected chi connectivity index (χ1v) is 10.4. The van der Waals surface area contributed by atoms with Crippen LogP contribution in [0.4, 0.5) is 5.69 Å². The molecule has 10 heteroatoms. The molecule has 0 atom stereocenters. The second-order valence-corrected chi connectivity index (χ2v) is 8.24. The Bertz CT molecular complexity index is 892. The number of nitrogens with one attached hydrogen (secondary N) is 2. The maximum absolute atomic E-state index is 12.9. The number of piperidine rings is 1. The van der Waals surface area contributed by atoms with E-state index in [1.807, 2.05) is 29.2 Å². The number of hydrazone groups is 1. The monoisotopic (exact) mass is 479 g/mol. The van der Waals surface area contributed by atoms with Gasteiger partial charge in [0.05, 0.1) is 22.9 Å². The number of hydrogen-bond donors (Lipinski definition) is 3. The lowest BCUT2D eigenvalue weighted by atomic mass is 9.97. The van der Waals surface area contributed by atoms with E-state index in [1.165, 1.54) is 5.01 Å². The fourth-order valence-electron chi connectivity index (χ4n) is 3.31. The SMILES string of the molecule is CC1=NN(c2ccc(Br)cc2)C(=O)/C1=C(/C)NNC(=S)N1CCC(C(=O)O)CC1. The van der Waals surface area contributed by atoms with Gasteiger partial charge in [0, 0.05) is 23.3 Å². The van der Waals surface area contributed by atoms with Crippen LogP contribution in [0.1, 0.15) is 26.7 Å². The Kier molecular flexibility index (Phi) is 6.53. The normalized spacial score (nSPS) is 19.1. The number of rotatable bonds is 4. The Balaban J connectivity index is 1.62. The fraction of sp³-hybridized carbons (Fsp3) is 0.368. The van der Waals surface area contributed by atoms with Crippen molar-refractivity contribution in [2.24, 2.45) is 11.0 Å². The molecule has 0 saturated carbocycles. The molecule has 0 spiro atoms. The number of nitrogens with zero attached hydrogens (tertiary/aromatic N) is 3. The van der Waals surface area contributed by atoms with Gasteiger partial charge in [-0.3, -0.25) is 15.0 Å². The van der Waals surface area contributed by atoms with Crippen molar-refractivity contribution >= 4 is 56.5 Å². The second kappa shape index (κ2) is 8.91. The maximum atomic E-state index is 12.9. The van der Waals surface area contributed by atoms with Gasteiger partial charge in [-0.2, -0.15) is 10.1 Å². The highest BCUT2D eigenvalue weighted by Gasteiger charge is 2.31. The minimum atomic E-state index is -0.757. The quantitative estimate of drug-likeness (QED) is 0.346. The van der Waals surface area contributed by atoms with Gasteiger partial charge in [0.2, 0.25) is 0 Å². The highest BCUT2D eigenvalue weighted by molar-refractivity contribution is 9.10. The maximum Gasteiger partial charge on any atom is 0.306 e. The molecule has 0 aliphatic carbocycles. The lowest BCUT2D eigenvalue weighted by molar-refractivity contribution is -0.143. The number of carbonyl (C=O) groups excluding carboxylic acids is 1. The number of allylic oxidation sites excluding steroid dienone is 1. The third-order valence-electron chi connectivity index (χ3n) is 4.95. The number of thiocarbonyl (C=S) groups is 1. The van der Waals surface area contributed by atoms with Crippen molar-refractivity contribution in [3.8, 4) is 0 Å². The summed E-state index contributed by atoms with van der Waals surface area (Å²) in [5.41, 5.74) is 8.32. The van der Waals surface area contributed by atoms with Gasteiger partial charge in [-0.05, 0) is 63.2 Å². The molecule has 3 N–H and O–H groups in total. The van der Waals surface area contributed by atoms with Gasteiger partial charge >= 0.3 is 5.97 Å². The van der Waals surface area contributed by atoms with Gasteiger partial charge in [0.1, 0.15) is 0 Å². The number of amides is 1. The molecule has 8 nitrogen and oxygen atoms in total. The summed E-state index contributed by atoms with van der Waals surface area (Å²) < 4.78 is 0.923. The summed E-state index contributed by atoms with van der Waals surface area (Å²) in [6.45, 7) is 4.73. The van der Waals surface area contributed by atoms with Crippen LogP contribution in [0.2, 0.25) is 0 Å². The molecule has 1 saturated heterocycles. The van der Waals surface area contributed by atoms with Crippen molar-refractivity contribution in [2.75, 3.05) is 18.1 Å². The number of likely N-dealkylation sites (tertiary alicyclic amines) is 1. The van der Waals surface area contributed by atoms with E-state index in [0.29, 0.717) is 53.7 Å². The topological polar surface area (TPSA) is 97.3 Å². The summed E-state index contributed by atoms with van der Waals surface area (Å²) in [6.07, 6.45) is 1.12. The Morgan fingerprint density at radius 3 is 2.45 bits per heavy atom. The van der Waals surface area contributed by atoms with Crippen LogP contribution in [0.5, 0.6) is 0 Å². The summed E-state index contributed by atoms with van der Waals surface area (Å²) in [6, 6.07) is 7.35. The van der Waals surface area contributed by atoms with Crippen LogP contribution in [0.3, 0.4) is 0 Å². The zero-order chi connectivity index (χ0) is 21.1. The van der Waals surface area contributed by atoms with E-state index in [2.05, 4.69) is 31.9 Å². The number of carbonyl (C=O) groups is 2. The standard InChI is InChI=1S/C19H22BrN5O3S/c1-11(21-22-19(29)24-9-7-13(8-10-24)18(27)28)16-12(2)23-25(17(16)26)15-5-3-14(20)4-6-15/h3-6,13,21H,7-10H2,1-2H3,(H,22,29)(H,27,28)/b16-11-. The molecule has 0 aromatic heterocycles.